The zero-order valence-corrected chi connectivity index (χ0v) is 28.3. The summed E-state index contributed by atoms with van der Waals surface area (Å²) in [6.07, 6.45) is 0. The van der Waals surface area contributed by atoms with Crippen LogP contribution in [-0.4, -0.2) is 0 Å². The van der Waals surface area contributed by atoms with Crippen LogP contribution in [0.15, 0.2) is 182 Å². The maximum Gasteiger partial charge on any atom is -0.00137 e. The van der Waals surface area contributed by atoms with E-state index in [1.807, 2.05) is 0 Å². The van der Waals surface area contributed by atoms with E-state index in [0.717, 1.165) is 0 Å². The molecule has 10 aromatic carbocycles. The summed E-state index contributed by atoms with van der Waals surface area (Å²) in [4.78, 5) is 0. The molecule has 0 aromatic heterocycles. The Bertz CT molecular complexity index is 2930. The quantitative estimate of drug-likeness (QED) is 0.178. The largest absolute Gasteiger partial charge is 0.0622 e. The van der Waals surface area contributed by atoms with Crippen LogP contribution in [0.3, 0.4) is 0 Å². The lowest BCUT2D eigenvalue weighted by Crippen LogP contribution is -1.89. The molecule has 0 fully saturated rings. The van der Waals surface area contributed by atoms with E-state index in [4.69, 9.17) is 0 Å². The van der Waals surface area contributed by atoms with Crippen LogP contribution in [-0.2, 0) is 0 Å². The molecule has 0 heteroatoms. The molecule has 0 radical (unpaired) electrons. The molecule has 0 heterocycles. The summed E-state index contributed by atoms with van der Waals surface area (Å²) in [7, 11) is 0. The molecular formula is C52H30. The average molecular weight is 655 g/mol. The number of hydrogen-bond acceptors (Lipinski definition) is 0. The van der Waals surface area contributed by atoms with E-state index in [0.29, 0.717) is 0 Å². The van der Waals surface area contributed by atoms with Crippen LogP contribution >= 0.6 is 0 Å². The van der Waals surface area contributed by atoms with Gasteiger partial charge in [0.1, 0.15) is 0 Å². The van der Waals surface area contributed by atoms with Gasteiger partial charge in [-0.3, -0.25) is 0 Å². The highest BCUT2D eigenvalue weighted by Gasteiger charge is 2.30. The molecule has 0 amide bonds. The maximum atomic E-state index is 2.41. The lowest BCUT2D eigenvalue weighted by molar-refractivity contribution is 1.64. The predicted molar refractivity (Wildman–Crippen MR) is 222 cm³/mol. The second-order valence-electron chi connectivity index (χ2n) is 14.3. The van der Waals surface area contributed by atoms with Gasteiger partial charge in [-0.05, 0) is 133 Å². The third-order valence-electron chi connectivity index (χ3n) is 11.7. The zero-order chi connectivity index (χ0) is 33.9. The van der Waals surface area contributed by atoms with E-state index < -0.39 is 0 Å². The maximum absolute atomic E-state index is 2.41. The molecule has 238 valence electrons. The van der Waals surface area contributed by atoms with Gasteiger partial charge in [-0.15, -0.1) is 0 Å². The molecule has 0 nitrogen and oxygen atoms in total. The number of hydrogen-bond donors (Lipinski definition) is 0. The summed E-state index contributed by atoms with van der Waals surface area (Å²) in [6.45, 7) is 0. The van der Waals surface area contributed by atoms with Crippen molar-refractivity contribution in [2.24, 2.45) is 0 Å². The van der Waals surface area contributed by atoms with Crippen LogP contribution in [0, 0.1) is 0 Å². The number of fused-ring (bicyclic) bond motifs is 8. The summed E-state index contributed by atoms with van der Waals surface area (Å²) >= 11 is 0. The van der Waals surface area contributed by atoms with Crippen molar-refractivity contribution in [3.8, 4) is 77.9 Å². The van der Waals surface area contributed by atoms with Crippen LogP contribution in [0.2, 0.25) is 0 Å². The van der Waals surface area contributed by atoms with Crippen molar-refractivity contribution in [2.45, 2.75) is 0 Å². The third kappa shape index (κ3) is 3.66. The molecule has 52 heavy (non-hydrogen) atoms. The lowest BCUT2D eigenvalue weighted by Gasteiger charge is -2.16. The van der Waals surface area contributed by atoms with Crippen LogP contribution in [0.25, 0.3) is 121 Å². The van der Waals surface area contributed by atoms with Gasteiger partial charge in [-0.25, -0.2) is 0 Å². The van der Waals surface area contributed by atoms with Crippen molar-refractivity contribution in [2.75, 3.05) is 0 Å². The van der Waals surface area contributed by atoms with Gasteiger partial charge >= 0.3 is 0 Å². The smallest absolute Gasteiger partial charge is 0.00137 e. The summed E-state index contributed by atoms with van der Waals surface area (Å²) < 4.78 is 0. The molecule has 0 spiro atoms. The monoisotopic (exact) mass is 654 g/mol. The lowest BCUT2D eigenvalue weighted by atomic mass is 9.87. The van der Waals surface area contributed by atoms with Crippen molar-refractivity contribution in [3.63, 3.8) is 0 Å². The van der Waals surface area contributed by atoms with Crippen LogP contribution < -0.4 is 0 Å². The molecular weight excluding hydrogens is 625 g/mol. The first-order chi connectivity index (χ1) is 25.8. The van der Waals surface area contributed by atoms with Crippen molar-refractivity contribution in [3.05, 3.63) is 182 Å². The molecule has 12 rings (SSSR count). The first kappa shape index (κ1) is 28.0. The molecule has 0 N–H and O–H groups in total. The minimum Gasteiger partial charge on any atom is -0.0622 e. The molecule has 0 bridgehead atoms. The molecule has 10 aromatic rings. The van der Waals surface area contributed by atoms with Crippen molar-refractivity contribution >= 4 is 43.1 Å². The van der Waals surface area contributed by atoms with E-state index in [9.17, 15) is 0 Å². The number of rotatable bonds is 3. The Hall–Kier alpha value is -6.76. The van der Waals surface area contributed by atoms with Gasteiger partial charge in [0.2, 0.25) is 0 Å². The minimum absolute atomic E-state index is 1.26. The Labute approximate surface area is 301 Å². The van der Waals surface area contributed by atoms with Gasteiger partial charge in [0.15, 0.2) is 0 Å². The zero-order valence-electron chi connectivity index (χ0n) is 28.3. The molecule has 0 atom stereocenters. The van der Waals surface area contributed by atoms with E-state index >= 15 is 0 Å². The van der Waals surface area contributed by atoms with Crippen LogP contribution in [0.1, 0.15) is 0 Å². The molecule has 0 saturated heterocycles. The van der Waals surface area contributed by atoms with Gasteiger partial charge in [-0.1, -0.05) is 170 Å². The molecule has 0 aliphatic heterocycles. The van der Waals surface area contributed by atoms with Gasteiger partial charge in [0.25, 0.3) is 0 Å². The highest BCUT2D eigenvalue weighted by Crippen LogP contribution is 2.57. The number of benzene rings is 10. The highest BCUT2D eigenvalue weighted by atomic mass is 14.3. The van der Waals surface area contributed by atoms with Gasteiger partial charge in [0.05, 0.1) is 0 Å². The van der Waals surface area contributed by atoms with E-state index in [1.165, 1.54) is 121 Å². The summed E-state index contributed by atoms with van der Waals surface area (Å²) in [5.41, 5.74) is 18.4. The van der Waals surface area contributed by atoms with E-state index in [1.54, 1.807) is 0 Å². The third-order valence-corrected chi connectivity index (χ3v) is 11.7. The fourth-order valence-corrected chi connectivity index (χ4v) is 9.64. The second kappa shape index (κ2) is 10.4. The Balaban J connectivity index is 1.13. The topological polar surface area (TPSA) is 0 Å². The van der Waals surface area contributed by atoms with Crippen LogP contribution in [0.4, 0.5) is 0 Å². The molecule has 0 unspecified atom stereocenters. The molecule has 2 aliphatic carbocycles. The SMILES string of the molecule is c1ccc(-c2c3c(cc4ccccc24)-c2cccc4c(-c5ccc6c7c(cccc57)-c5cc7ccccc7c(-c7ccccc7)c5-6)ccc-3c24)cc1. The molecule has 0 saturated carbocycles. The minimum atomic E-state index is 1.26. The normalized spacial score (nSPS) is 12.2. The Morgan fingerprint density at radius 2 is 0.596 bits per heavy atom. The van der Waals surface area contributed by atoms with E-state index in [2.05, 4.69) is 182 Å². The average Bonchev–Trinajstić information content (AvgIpc) is 3.71. The van der Waals surface area contributed by atoms with Crippen molar-refractivity contribution in [1.82, 2.24) is 0 Å². The first-order valence-electron chi connectivity index (χ1n) is 18.2. The fraction of sp³-hybridized carbons (Fsp3) is 0. The van der Waals surface area contributed by atoms with E-state index in [-0.39, 0.29) is 0 Å². The fourth-order valence-electron chi connectivity index (χ4n) is 9.64. The molecule has 2 aliphatic rings. The van der Waals surface area contributed by atoms with Crippen LogP contribution in [0.5, 0.6) is 0 Å². The predicted octanol–water partition coefficient (Wildman–Crippen LogP) is 14.6. The summed E-state index contributed by atoms with van der Waals surface area (Å²) in [5.74, 6) is 0. The second-order valence-corrected chi connectivity index (χ2v) is 14.3. The highest BCUT2D eigenvalue weighted by molar-refractivity contribution is 6.28. The van der Waals surface area contributed by atoms with Gasteiger partial charge < -0.3 is 0 Å². The Morgan fingerprint density at radius 1 is 0.212 bits per heavy atom. The first-order valence-corrected chi connectivity index (χ1v) is 18.2. The van der Waals surface area contributed by atoms with Crippen molar-refractivity contribution < 1.29 is 0 Å². The van der Waals surface area contributed by atoms with Crippen molar-refractivity contribution in [1.29, 1.82) is 0 Å². The summed E-state index contributed by atoms with van der Waals surface area (Å²) in [5, 5.41) is 10.5. The van der Waals surface area contributed by atoms with Gasteiger partial charge in [-0.2, -0.15) is 0 Å². The Kier molecular flexibility index (Phi) is 5.59. The summed E-state index contributed by atoms with van der Waals surface area (Å²) in [6, 6.07) is 67.8. The standard InChI is InChI=1S/C52H30/c1-3-13-31(14-4-1)47-35-19-9-7-17-33(35)29-45-41-23-11-21-39-37(25-27-43(49(39)41)51(45)47)38-26-28-44-50-40(38)22-12-24-42(50)46-30-34-18-8-10-20-36(34)48(52(44)46)32-15-5-2-6-16-32/h1-30H. The van der Waals surface area contributed by atoms with Gasteiger partial charge in [0, 0.05) is 0 Å². The Morgan fingerprint density at radius 3 is 1.06 bits per heavy atom.